The van der Waals surface area contributed by atoms with Crippen LogP contribution in [0, 0.1) is 0 Å². The Labute approximate surface area is 190 Å². The normalized spacial score (nSPS) is 14.8. The molecule has 2 heterocycles. The van der Waals surface area contributed by atoms with Gasteiger partial charge in [0.05, 0.1) is 17.1 Å². The van der Waals surface area contributed by atoms with E-state index in [2.05, 4.69) is 17.1 Å². The van der Waals surface area contributed by atoms with Crippen LogP contribution in [0.4, 0.5) is 5.69 Å². The van der Waals surface area contributed by atoms with Gasteiger partial charge < -0.3 is 5.11 Å². The van der Waals surface area contributed by atoms with Gasteiger partial charge in [0, 0.05) is 17.1 Å². The summed E-state index contributed by atoms with van der Waals surface area (Å²) < 4.78 is 1.68. The number of carbonyl (C=O) groups is 1. The van der Waals surface area contributed by atoms with Crippen LogP contribution in [0.3, 0.4) is 0 Å². The van der Waals surface area contributed by atoms with Crippen molar-refractivity contribution in [2.75, 3.05) is 11.2 Å². The zero-order valence-electron chi connectivity index (χ0n) is 17.9. The van der Waals surface area contributed by atoms with Crippen LogP contribution in [-0.4, -0.2) is 22.2 Å². The first kappa shape index (κ1) is 20.5. The molecular formula is C25H22N4O2S. The maximum absolute atomic E-state index is 13.4. The number of carbonyl (C=O) groups excluding carboxylic acids is 1. The average Bonchev–Trinajstić information content (AvgIpc) is 2.82. The number of hydrogen-bond donors (Lipinski definition) is 0. The zero-order chi connectivity index (χ0) is 22.2. The van der Waals surface area contributed by atoms with E-state index in [0.29, 0.717) is 28.5 Å². The van der Waals surface area contributed by atoms with Crippen LogP contribution in [0.25, 0.3) is 22.0 Å². The van der Waals surface area contributed by atoms with E-state index in [0.717, 1.165) is 22.8 Å². The molecule has 0 saturated carbocycles. The highest BCUT2D eigenvalue weighted by Crippen LogP contribution is 2.41. The summed E-state index contributed by atoms with van der Waals surface area (Å²) in [5.41, 5.74) is 2.67. The van der Waals surface area contributed by atoms with E-state index < -0.39 is 6.17 Å². The van der Waals surface area contributed by atoms with E-state index in [9.17, 15) is 9.90 Å². The van der Waals surface area contributed by atoms with Crippen LogP contribution in [0.15, 0.2) is 71.9 Å². The molecule has 3 aromatic carbocycles. The molecule has 160 valence electrons. The van der Waals surface area contributed by atoms with Crippen molar-refractivity contribution in [2.45, 2.75) is 31.1 Å². The number of nitrogens with zero attached hydrogens (tertiary/aromatic N) is 4. The maximum Gasteiger partial charge on any atom is 0.293 e. The summed E-state index contributed by atoms with van der Waals surface area (Å²) in [5, 5.41) is 20.4. The molecule has 1 amide bonds. The number of amides is 1. The Kier molecular flexibility index (Phi) is 5.27. The third-order valence-corrected chi connectivity index (χ3v) is 6.24. The fraction of sp³-hybridized carbons (Fsp3) is 0.200. The van der Waals surface area contributed by atoms with Crippen molar-refractivity contribution < 1.29 is 14.6 Å². The molecule has 0 N–H and O–H groups in total. The lowest BCUT2D eigenvalue weighted by atomic mass is 9.99. The molecule has 1 aliphatic heterocycles. The zero-order valence-corrected chi connectivity index (χ0v) is 18.7. The third-order valence-electron chi connectivity index (χ3n) is 5.70. The fourth-order valence-electron chi connectivity index (χ4n) is 4.29. The van der Waals surface area contributed by atoms with Crippen molar-refractivity contribution in [3.05, 3.63) is 72.3 Å². The maximum atomic E-state index is 13.4. The second-order valence-corrected chi connectivity index (χ2v) is 8.48. The fourth-order valence-corrected chi connectivity index (χ4v) is 4.64. The Morgan fingerprint density at radius 1 is 1.09 bits per heavy atom. The average molecular weight is 443 g/mol. The van der Waals surface area contributed by atoms with Gasteiger partial charge in [0.1, 0.15) is 0 Å². The summed E-state index contributed by atoms with van der Waals surface area (Å²) in [6.45, 7) is 1.99. The van der Waals surface area contributed by atoms with Crippen molar-refractivity contribution in [3.8, 4) is 17.1 Å². The molecular weight excluding hydrogens is 420 g/mol. The van der Waals surface area contributed by atoms with E-state index in [4.69, 9.17) is 5.10 Å². The van der Waals surface area contributed by atoms with Crippen LogP contribution in [-0.2, 0) is 4.79 Å². The molecule has 1 unspecified atom stereocenters. The quantitative estimate of drug-likeness (QED) is 0.352. The highest BCUT2D eigenvalue weighted by molar-refractivity contribution is 7.98. The van der Waals surface area contributed by atoms with E-state index >= 15 is 0 Å². The summed E-state index contributed by atoms with van der Waals surface area (Å²) >= 11 is 1.31. The predicted molar refractivity (Wildman–Crippen MR) is 123 cm³/mol. The third kappa shape index (κ3) is 3.29. The Hall–Kier alpha value is -3.45. The van der Waals surface area contributed by atoms with Gasteiger partial charge in [0.2, 0.25) is 5.91 Å². The van der Waals surface area contributed by atoms with Crippen molar-refractivity contribution in [1.82, 2.24) is 10.1 Å². The number of para-hydroxylation sites is 1. The molecule has 0 saturated heterocycles. The molecule has 0 radical (unpaired) electrons. The molecule has 0 bridgehead atoms. The van der Waals surface area contributed by atoms with Gasteiger partial charge in [-0.15, -0.1) is 0 Å². The van der Waals surface area contributed by atoms with Gasteiger partial charge in [-0.25, -0.2) is 9.88 Å². The van der Waals surface area contributed by atoms with Crippen LogP contribution >= 0.6 is 11.8 Å². The largest absolute Gasteiger partial charge is 0.854 e. The van der Waals surface area contributed by atoms with Gasteiger partial charge in [0.15, 0.2) is 0 Å². The van der Waals surface area contributed by atoms with E-state index in [1.165, 1.54) is 11.8 Å². The van der Waals surface area contributed by atoms with Crippen molar-refractivity contribution in [1.29, 1.82) is 0 Å². The smallest absolute Gasteiger partial charge is 0.293 e. The summed E-state index contributed by atoms with van der Waals surface area (Å²) in [7, 11) is 0. The molecule has 7 heteroatoms. The summed E-state index contributed by atoms with van der Waals surface area (Å²) in [6.07, 6.45) is 2.39. The number of rotatable bonds is 4. The number of anilines is 1. The Morgan fingerprint density at radius 2 is 1.84 bits per heavy atom. The van der Waals surface area contributed by atoms with Gasteiger partial charge in [-0.1, -0.05) is 65.8 Å². The van der Waals surface area contributed by atoms with E-state index in [1.807, 2.05) is 67.8 Å². The molecule has 1 aromatic heterocycles. The second kappa shape index (κ2) is 8.24. The van der Waals surface area contributed by atoms with Gasteiger partial charge in [-0.05, 0) is 47.7 Å². The molecule has 0 aliphatic carbocycles. The summed E-state index contributed by atoms with van der Waals surface area (Å²) in [5.74, 6) is -0.349. The number of aromatic nitrogens is 3. The van der Waals surface area contributed by atoms with Crippen molar-refractivity contribution in [3.63, 3.8) is 0 Å². The lowest BCUT2D eigenvalue weighted by Crippen LogP contribution is -2.59. The molecule has 5 rings (SSSR count). The molecule has 0 spiro atoms. The molecule has 0 fully saturated rings. The van der Waals surface area contributed by atoms with Gasteiger partial charge in [0.25, 0.3) is 17.0 Å². The first-order valence-electron chi connectivity index (χ1n) is 10.6. The van der Waals surface area contributed by atoms with Crippen molar-refractivity contribution >= 4 is 34.1 Å². The molecule has 32 heavy (non-hydrogen) atoms. The standard InChI is InChI=1S/C25H22N4O2S/c1-3-8-21(30)28-20-12-7-6-11-19(20)22-23(31)26-25(32-2)27-29(22)24(28)18-14-13-16-9-4-5-10-17(16)15-18/h4-7,9-15,24H,3,8H2,1-2H3. The first-order valence-corrected chi connectivity index (χ1v) is 11.8. The van der Waals surface area contributed by atoms with Gasteiger partial charge in [-0.3, -0.25) is 4.79 Å². The lowest BCUT2D eigenvalue weighted by molar-refractivity contribution is -0.764. The molecule has 1 aliphatic rings. The minimum Gasteiger partial charge on any atom is -0.854 e. The number of fused-ring (bicyclic) bond motifs is 4. The Bertz CT molecular complexity index is 1340. The minimum absolute atomic E-state index is 0.00646. The summed E-state index contributed by atoms with van der Waals surface area (Å²) in [6, 6.07) is 21.7. The number of thioether (sulfide) groups is 1. The molecule has 1 atom stereocenters. The van der Waals surface area contributed by atoms with Crippen LogP contribution in [0.5, 0.6) is 5.88 Å². The van der Waals surface area contributed by atoms with Crippen molar-refractivity contribution in [2.24, 2.45) is 0 Å². The Morgan fingerprint density at radius 3 is 2.62 bits per heavy atom. The van der Waals surface area contributed by atoms with Crippen LogP contribution in [0.1, 0.15) is 31.5 Å². The second-order valence-electron chi connectivity index (χ2n) is 7.71. The lowest BCUT2D eigenvalue weighted by Gasteiger charge is -2.33. The topological polar surface area (TPSA) is 73.0 Å². The van der Waals surface area contributed by atoms with E-state index in [-0.39, 0.29) is 11.8 Å². The Balaban J connectivity index is 1.82. The minimum atomic E-state index is -0.579. The van der Waals surface area contributed by atoms with Crippen LogP contribution in [0.2, 0.25) is 0 Å². The van der Waals surface area contributed by atoms with Crippen LogP contribution < -0.4 is 14.7 Å². The molecule has 4 aromatic rings. The molecule has 6 nitrogen and oxygen atoms in total. The van der Waals surface area contributed by atoms with Gasteiger partial charge >= 0.3 is 0 Å². The highest BCUT2D eigenvalue weighted by atomic mass is 32.2. The summed E-state index contributed by atoms with van der Waals surface area (Å²) in [4.78, 5) is 19.4. The SMILES string of the molecule is CCCC(=O)N1c2ccccc2-c2c([O-])nc(SC)n[n+]2C1c1ccc2ccccc2c1. The highest BCUT2D eigenvalue weighted by Gasteiger charge is 2.44. The number of benzene rings is 3. The number of hydrogen-bond acceptors (Lipinski definition) is 5. The first-order chi connectivity index (χ1) is 15.6. The predicted octanol–water partition coefficient (Wildman–Crippen LogP) is 4.07. The monoisotopic (exact) mass is 442 g/mol. The van der Waals surface area contributed by atoms with Gasteiger partial charge in [-0.2, -0.15) is 0 Å². The van der Waals surface area contributed by atoms with E-state index in [1.54, 1.807) is 9.58 Å².